The van der Waals surface area contributed by atoms with E-state index in [9.17, 15) is 40.8 Å². The fourth-order valence-electron chi connectivity index (χ4n) is 4.36. The van der Waals surface area contributed by atoms with Crippen molar-refractivity contribution in [2.75, 3.05) is 39.2 Å². The molecule has 0 N–H and O–H groups in total. The van der Waals surface area contributed by atoms with Crippen molar-refractivity contribution >= 4 is 50.4 Å². The minimum Gasteiger partial charge on any atom is -0.465 e. The Morgan fingerprint density at radius 3 is 2.22 bits per heavy atom. The van der Waals surface area contributed by atoms with E-state index in [0.29, 0.717) is 16.1 Å². The van der Waals surface area contributed by atoms with Gasteiger partial charge in [-0.05, 0) is 42.8 Å². The number of likely N-dealkylation sites (N-methyl/N-ethyl adjacent to an activating group) is 2. The predicted molar refractivity (Wildman–Crippen MR) is 145 cm³/mol. The summed E-state index contributed by atoms with van der Waals surface area (Å²) in [7, 11) is -0.904. The van der Waals surface area contributed by atoms with Gasteiger partial charge in [-0.15, -0.1) is 0 Å². The Morgan fingerprint density at radius 2 is 1.66 bits per heavy atom. The molecule has 0 aromatic heterocycles. The number of hydrogen-bond donors (Lipinski definition) is 0. The minimum absolute atomic E-state index is 0.139. The highest BCUT2D eigenvalue weighted by Gasteiger charge is 2.48. The first-order valence-electron chi connectivity index (χ1n) is 12.1. The van der Waals surface area contributed by atoms with Crippen LogP contribution in [0.4, 0.5) is 18.9 Å². The second kappa shape index (κ2) is 12.6. The number of nitrogens with zero attached hydrogens (tertiary/aromatic N) is 3. The molecule has 2 amide bonds. The number of carbonyl (C=O) groups is 4. The summed E-state index contributed by atoms with van der Waals surface area (Å²) in [5.41, 5.74) is -0.718. The first-order chi connectivity index (χ1) is 19.1. The van der Waals surface area contributed by atoms with Crippen molar-refractivity contribution in [3.8, 4) is 0 Å². The highest BCUT2D eigenvalue weighted by Crippen LogP contribution is 2.39. The van der Waals surface area contributed by atoms with Crippen LogP contribution in [0.3, 0.4) is 0 Å². The lowest BCUT2D eigenvalue weighted by Gasteiger charge is -2.29. The van der Waals surface area contributed by atoms with Gasteiger partial charge in [0, 0.05) is 38.5 Å². The highest BCUT2D eigenvalue weighted by molar-refractivity contribution is 8.14. The van der Waals surface area contributed by atoms with Crippen LogP contribution in [-0.2, 0) is 35.3 Å². The molecule has 41 heavy (non-hydrogen) atoms. The Balaban J connectivity index is 1.85. The Morgan fingerprint density at radius 1 is 1.05 bits per heavy atom. The highest BCUT2D eigenvalue weighted by atomic mass is 32.2. The van der Waals surface area contributed by atoms with Crippen molar-refractivity contribution in [2.45, 2.75) is 35.7 Å². The maximum atomic E-state index is 13.7. The van der Waals surface area contributed by atoms with Crippen LogP contribution in [0.2, 0.25) is 0 Å². The van der Waals surface area contributed by atoms with E-state index in [4.69, 9.17) is 0 Å². The van der Waals surface area contributed by atoms with Gasteiger partial charge in [0.1, 0.15) is 6.04 Å². The predicted octanol–water partition coefficient (Wildman–Crippen LogP) is 3.02. The van der Waals surface area contributed by atoms with E-state index < -0.39 is 62.3 Å². The van der Waals surface area contributed by atoms with Crippen molar-refractivity contribution in [2.24, 2.45) is 0 Å². The molecule has 2 atom stereocenters. The van der Waals surface area contributed by atoms with Crippen LogP contribution >= 0.6 is 11.8 Å². The number of hydrogen-bond acceptors (Lipinski definition) is 8. The third-order valence-electron chi connectivity index (χ3n) is 6.41. The number of ether oxygens (including phenoxy) is 1. The molecule has 1 aliphatic rings. The molecule has 10 nitrogen and oxygen atoms in total. The molecule has 0 saturated carbocycles. The molecule has 1 heterocycles. The Bertz CT molecular complexity index is 1430. The molecule has 1 fully saturated rings. The molecule has 0 aliphatic carbocycles. The first kappa shape index (κ1) is 32.1. The van der Waals surface area contributed by atoms with E-state index in [-0.39, 0.29) is 23.6 Å². The number of alkyl halides is 3. The zero-order chi connectivity index (χ0) is 30.7. The quantitative estimate of drug-likeness (QED) is 0.416. The second-order valence-electron chi connectivity index (χ2n) is 9.24. The van der Waals surface area contributed by atoms with Gasteiger partial charge in [-0.2, -0.15) is 17.5 Å². The molecular formula is C26H28F3N3O7S2. The van der Waals surface area contributed by atoms with Crippen molar-refractivity contribution in [1.29, 1.82) is 0 Å². The smallest absolute Gasteiger partial charge is 0.417 e. The van der Waals surface area contributed by atoms with Gasteiger partial charge in [-0.3, -0.25) is 14.4 Å². The molecule has 15 heteroatoms. The maximum Gasteiger partial charge on any atom is 0.417 e. The van der Waals surface area contributed by atoms with Crippen LogP contribution in [0.1, 0.15) is 29.3 Å². The fourth-order valence-corrected chi connectivity index (χ4v) is 7.28. The van der Waals surface area contributed by atoms with Crippen LogP contribution in [0.5, 0.6) is 0 Å². The van der Waals surface area contributed by atoms with Crippen molar-refractivity contribution in [3.63, 3.8) is 0 Å². The third kappa shape index (κ3) is 7.26. The second-order valence-corrected chi connectivity index (χ2v) is 12.6. The van der Waals surface area contributed by atoms with Gasteiger partial charge >= 0.3 is 12.1 Å². The summed E-state index contributed by atoms with van der Waals surface area (Å²) in [5, 5.41) is -1.03. The molecule has 0 unspecified atom stereocenters. The van der Waals surface area contributed by atoms with Gasteiger partial charge in [0.25, 0.3) is 0 Å². The molecule has 0 bridgehead atoms. The number of thioether (sulfide) groups is 1. The molecule has 0 radical (unpaired) electrons. The van der Waals surface area contributed by atoms with E-state index in [2.05, 4.69) is 4.74 Å². The molecule has 3 rings (SSSR count). The van der Waals surface area contributed by atoms with Gasteiger partial charge in [-0.25, -0.2) is 13.2 Å². The summed E-state index contributed by atoms with van der Waals surface area (Å²) in [5.74, 6) is -1.94. The largest absolute Gasteiger partial charge is 0.465 e. The van der Waals surface area contributed by atoms with Crippen LogP contribution in [-0.4, -0.2) is 86.1 Å². The summed E-state index contributed by atoms with van der Waals surface area (Å²) in [6.07, 6.45) is -5.11. The number of carbonyl (C=O) groups excluding carboxylic acids is 4. The van der Waals surface area contributed by atoms with Crippen molar-refractivity contribution in [3.05, 3.63) is 59.7 Å². The number of rotatable bonds is 8. The fraction of sp³-hybridized carbons (Fsp3) is 0.385. The van der Waals surface area contributed by atoms with Gasteiger partial charge in [0.15, 0.2) is 5.12 Å². The summed E-state index contributed by atoms with van der Waals surface area (Å²) in [6.45, 7) is 0.404. The number of halogens is 3. The van der Waals surface area contributed by atoms with Crippen molar-refractivity contribution in [1.82, 2.24) is 9.21 Å². The van der Waals surface area contributed by atoms with Crippen LogP contribution in [0.25, 0.3) is 0 Å². The Labute approximate surface area is 239 Å². The number of esters is 1. The number of amides is 2. The number of methoxy groups -OCH3 is 1. The lowest BCUT2D eigenvalue weighted by molar-refractivity contribution is -0.140. The van der Waals surface area contributed by atoms with Gasteiger partial charge in [0.2, 0.25) is 21.8 Å². The third-order valence-corrected chi connectivity index (χ3v) is 9.35. The van der Waals surface area contributed by atoms with Crippen LogP contribution in [0.15, 0.2) is 53.4 Å². The number of anilines is 1. The topological polar surface area (TPSA) is 121 Å². The zero-order valence-corrected chi connectivity index (χ0v) is 24.2. The normalized spacial score (nSPS) is 17.6. The molecule has 1 aliphatic heterocycles. The van der Waals surface area contributed by atoms with Crippen LogP contribution < -0.4 is 4.90 Å². The summed E-state index contributed by atoms with van der Waals surface area (Å²) < 4.78 is 73.4. The summed E-state index contributed by atoms with van der Waals surface area (Å²) in [6, 6.07) is 8.12. The van der Waals surface area contributed by atoms with E-state index in [0.717, 1.165) is 34.9 Å². The van der Waals surface area contributed by atoms with Crippen molar-refractivity contribution < 1.29 is 45.5 Å². The number of sulfonamides is 1. The van der Waals surface area contributed by atoms with E-state index in [1.54, 1.807) is 0 Å². The molecule has 2 aromatic carbocycles. The van der Waals surface area contributed by atoms with Gasteiger partial charge < -0.3 is 14.5 Å². The molecule has 0 spiro atoms. The zero-order valence-electron chi connectivity index (χ0n) is 22.5. The van der Waals surface area contributed by atoms with Gasteiger partial charge in [-0.1, -0.05) is 23.9 Å². The average molecular weight is 616 g/mol. The first-order valence-corrected chi connectivity index (χ1v) is 14.4. The van der Waals surface area contributed by atoms with E-state index in [1.807, 2.05) is 0 Å². The summed E-state index contributed by atoms with van der Waals surface area (Å²) >= 11 is 0.794. The molecular weight excluding hydrogens is 587 g/mol. The number of benzene rings is 2. The SMILES string of the molecule is COC(=O)c1ccc(N(C)C(=O)CN(C)C(=O)[C@@H]2C[C@@H](SC(C)=O)CN2S(=O)(=O)c2ccccc2C(F)(F)F)cc1. The monoisotopic (exact) mass is 615 g/mol. The molecule has 1 saturated heterocycles. The average Bonchev–Trinajstić information content (AvgIpc) is 3.35. The Kier molecular flexibility index (Phi) is 9.87. The van der Waals surface area contributed by atoms with E-state index in [1.165, 1.54) is 57.3 Å². The molecule has 222 valence electrons. The van der Waals surface area contributed by atoms with Gasteiger partial charge in [0.05, 0.1) is 29.7 Å². The minimum atomic E-state index is -4.97. The lowest BCUT2D eigenvalue weighted by atomic mass is 10.2. The molecule has 2 aromatic rings. The standard InChI is InChI=1S/C26H28F3N3O7S2/c1-16(33)40-19-13-21(32(14-19)41(37,38)22-8-6-5-7-20(22)26(27,28)29)24(35)30(2)15-23(34)31(3)18-11-9-17(10-12-18)25(36)39-4/h5-12,19,21H,13-15H2,1-4H3/t19-,21+/m1/s1. The summed E-state index contributed by atoms with van der Waals surface area (Å²) in [4.78, 5) is 51.0. The van der Waals surface area contributed by atoms with E-state index >= 15 is 0 Å². The lowest BCUT2D eigenvalue weighted by Crippen LogP contribution is -2.49. The Hall–Kier alpha value is -3.43. The van der Waals surface area contributed by atoms with Crippen LogP contribution in [0, 0.1) is 0 Å². The maximum absolute atomic E-state index is 13.7.